The van der Waals surface area contributed by atoms with E-state index in [9.17, 15) is 10.2 Å². The molecule has 0 aliphatic heterocycles. The summed E-state index contributed by atoms with van der Waals surface area (Å²) in [6.07, 6.45) is 12.7. The topological polar surface area (TPSA) is 65.2 Å². The van der Waals surface area contributed by atoms with E-state index >= 15 is 0 Å². The molecule has 0 spiro atoms. The van der Waals surface area contributed by atoms with Crippen molar-refractivity contribution in [1.29, 1.82) is 0 Å². The molecular formula is C20H16N2O2. The molecule has 118 valence electrons. The van der Waals surface area contributed by atoms with Crippen LogP contribution in [0.1, 0.15) is 0 Å². The summed E-state index contributed by atoms with van der Waals surface area (Å²) in [6, 6.07) is 7.26. The third-order valence-corrected chi connectivity index (χ3v) is 3.46. The Balaban J connectivity index is 1.85. The van der Waals surface area contributed by atoms with Crippen LogP contribution in [0.15, 0.2) is 94.0 Å². The molecular weight excluding hydrogens is 300 g/mol. The fraction of sp³-hybridized carbons (Fsp3) is 0.100. The van der Waals surface area contributed by atoms with Gasteiger partial charge in [-0.05, 0) is 42.1 Å². The second kappa shape index (κ2) is 7.51. The smallest absolute Gasteiger partial charge is 0.106 e. The van der Waals surface area contributed by atoms with Gasteiger partial charge >= 0.3 is 0 Å². The lowest BCUT2D eigenvalue weighted by molar-refractivity contribution is 0.263. The van der Waals surface area contributed by atoms with E-state index in [-0.39, 0.29) is 0 Å². The summed E-state index contributed by atoms with van der Waals surface area (Å²) in [5.41, 5.74) is 2.56. The van der Waals surface area contributed by atoms with Crippen molar-refractivity contribution in [1.82, 2.24) is 0 Å². The molecule has 0 fully saturated rings. The molecule has 0 radical (unpaired) electrons. The van der Waals surface area contributed by atoms with Crippen LogP contribution in [-0.2, 0) is 0 Å². The molecule has 0 heterocycles. The van der Waals surface area contributed by atoms with Crippen molar-refractivity contribution >= 4 is 23.1 Å². The summed E-state index contributed by atoms with van der Waals surface area (Å²) in [4.78, 5) is 8.50. The number of hydrogen-bond acceptors (Lipinski definition) is 4. The van der Waals surface area contributed by atoms with Gasteiger partial charge in [0.25, 0.3) is 0 Å². The van der Waals surface area contributed by atoms with Gasteiger partial charge in [0.2, 0.25) is 0 Å². The minimum Gasteiger partial charge on any atom is -0.384 e. The van der Waals surface area contributed by atoms with Gasteiger partial charge in [0.05, 0.1) is 11.4 Å². The molecule has 24 heavy (non-hydrogen) atoms. The van der Waals surface area contributed by atoms with E-state index in [0.29, 0.717) is 22.5 Å². The Morgan fingerprint density at radius 3 is 1.71 bits per heavy atom. The Kier molecular flexibility index (Phi) is 4.97. The molecule has 0 saturated heterocycles. The highest BCUT2D eigenvalue weighted by atomic mass is 16.3. The lowest BCUT2D eigenvalue weighted by Gasteiger charge is -2.06. The van der Waals surface area contributed by atoms with Crippen molar-refractivity contribution in [2.45, 2.75) is 12.2 Å². The Morgan fingerprint density at radius 1 is 0.750 bits per heavy atom. The van der Waals surface area contributed by atoms with Crippen molar-refractivity contribution in [2.75, 3.05) is 0 Å². The predicted molar refractivity (Wildman–Crippen MR) is 96.2 cm³/mol. The molecule has 0 bridgehead atoms. The molecule has 4 nitrogen and oxygen atoms in total. The normalized spacial score (nSPS) is 21.4. The van der Waals surface area contributed by atoms with Crippen LogP contribution >= 0.6 is 0 Å². The molecule has 0 amide bonds. The zero-order valence-electron chi connectivity index (χ0n) is 12.9. The predicted octanol–water partition coefficient (Wildman–Crippen LogP) is 3.12. The first kappa shape index (κ1) is 15.9. The molecule has 2 N–H and O–H groups in total. The number of benzene rings is 1. The minimum atomic E-state index is -0.683. The second-order valence-electron chi connectivity index (χ2n) is 5.26. The number of nitrogens with zero attached hydrogens (tertiary/aromatic N) is 2. The monoisotopic (exact) mass is 316 g/mol. The van der Waals surface area contributed by atoms with E-state index in [2.05, 4.69) is 21.7 Å². The zero-order valence-corrected chi connectivity index (χ0v) is 12.9. The van der Waals surface area contributed by atoms with Crippen LogP contribution in [0.4, 0.5) is 11.4 Å². The fourth-order valence-electron chi connectivity index (χ4n) is 2.16. The quantitative estimate of drug-likeness (QED) is 0.823. The van der Waals surface area contributed by atoms with Gasteiger partial charge in [0.15, 0.2) is 0 Å². The summed E-state index contributed by atoms with van der Waals surface area (Å²) in [6.45, 7) is 0. The van der Waals surface area contributed by atoms with E-state index in [0.717, 1.165) is 0 Å². The van der Waals surface area contributed by atoms with E-state index in [1.807, 2.05) is 30.4 Å². The van der Waals surface area contributed by atoms with Crippen molar-refractivity contribution in [2.24, 2.45) is 9.98 Å². The van der Waals surface area contributed by atoms with Gasteiger partial charge in [0, 0.05) is 11.1 Å². The maximum atomic E-state index is 9.79. The number of aliphatic hydroxyl groups is 2. The van der Waals surface area contributed by atoms with E-state index in [4.69, 9.17) is 0 Å². The molecule has 0 aromatic heterocycles. The SMILES string of the molecule is OC1C=CC=CC1=C=Nc1cccc(N=C=C2C=CC=CC2O)c1. The average Bonchev–Trinajstić information content (AvgIpc) is 2.61. The molecule has 2 unspecified atom stereocenters. The third-order valence-electron chi connectivity index (χ3n) is 3.46. The van der Waals surface area contributed by atoms with Crippen molar-refractivity contribution in [3.63, 3.8) is 0 Å². The van der Waals surface area contributed by atoms with Gasteiger partial charge in [-0.3, -0.25) is 0 Å². The Bertz CT molecular complexity index is 805. The minimum absolute atomic E-state index is 0.607. The average molecular weight is 316 g/mol. The molecule has 2 aliphatic carbocycles. The van der Waals surface area contributed by atoms with Crippen molar-refractivity contribution in [3.05, 3.63) is 84.0 Å². The van der Waals surface area contributed by atoms with E-state index in [1.54, 1.807) is 42.5 Å². The summed E-state index contributed by atoms with van der Waals surface area (Å²) in [5, 5.41) is 19.6. The maximum Gasteiger partial charge on any atom is 0.106 e. The van der Waals surface area contributed by atoms with Crippen LogP contribution in [-0.4, -0.2) is 34.2 Å². The van der Waals surface area contributed by atoms with Crippen LogP contribution in [0.5, 0.6) is 0 Å². The first-order valence-corrected chi connectivity index (χ1v) is 7.55. The maximum absolute atomic E-state index is 9.79. The lowest BCUT2D eigenvalue weighted by atomic mass is 10.1. The lowest BCUT2D eigenvalue weighted by Crippen LogP contribution is -2.07. The fourth-order valence-corrected chi connectivity index (χ4v) is 2.16. The van der Waals surface area contributed by atoms with Crippen molar-refractivity contribution < 1.29 is 10.2 Å². The third kappa shape index (κ3) is 4.05. The largest absolute Gasteiger partial charge is 0.384 e. The van der Waals surface area contributed by atoms with Gasteiger partial charge in [-0.25, -0.2) is 9.98 Å². The number of hydrogen-bond donors (Lipinski definition) is 2. The van der Waals surface area contributed by atoms with E-state index in [1.165, 1.54) is 0 Å². The number of aliphatic imine (C=N–C) groups is 2. The second-order valence-corrected chi connectivity index (χ2v) is 5.26. The van der Waals surface area contributed by atoms with Crippen LogP contribution in [0.3, 0.4) is 0 Å². The molecule has 4 heteroatoms. The first-order valence-electron chi connectivity index (χ1n) is 7.55. The van der Waals surface area contributed by atoms with Crippen LogP contribution < -0.4 is 0 Å². The summed E-state index contributed by atoms with van der Waals surface area (Å²) in [7, 11) is 0. The van der Waals surface area contributed by atoms with E-state index < -0.39 is 12.2 Å². The van der Waals surface area contributed by atoms with Gasteiger partial charge in [-0.2, -0.15) is 0 Å². The first-order chi connectivity index (χ1) is 11.7. The summed E-state index contributed by atoms with van der Waals surface area (Å²) >= 11 is 0. The highest BCUT2D eigenvalue weighted by Crippen LogP contribution is 2.20. The summed E-state index contributed by atoms with van der Waals surface area (Å²) in [5.74, 6) is 5.71. The van der Waals surface area contributed by atoms with Gasteiger partial charge in [-0.1, -0.05) is 42.5 Å². The Hall–Kier alpha value is -3.00. The highest BCUT2D eigenvalue weighted by Gasteiger charge is 2.06. The van der Waals surface area contributed by atoms with Crippen LogP contribution in [0, 0.1) is 0 Å². The Morgan fingerprint density at radius 2 is 1.25 bits per heavy atom. The number of rotatable bonds is 2. The molecule has 3 rings (SSSR count). The molecule has 2 atom stereocenters. The molecule has 1 aromatic rings. The molecule has 2 aliphatic rings. The highest BCUT2D eigenvalue weighted by molar-refractivity contribution is 5.72. The zero-order chi connectivity index (χ0) is 16.8. The molecule has 0 saturated carbocycles. The standard InChI is InChI=1S/C20H16N2O2/c23-19-10-3-1-6-15(19)13-21-17-8-5-9-18(12-17)22-14-16-7-2-4-11-20(16)24/h1-12,19-20,23-24H. The van der Waals surface area contributed by atoms with Gasteiger partial charge in [0.1, 0.15) is 12.2 Å². The Labute approximate surface area is 140 Å². The number of aliphatic hydroxyl groups excluding tert-OH is 2. The van der Waals surface area contributed by atoms with Gasteiger partial charge < -0.3 is 10.2 Å². The summed E-state index contributed by atoms with van der Waals surface area (Å²) < 4.78 is 0. The number of allylic oxidation sites excluding steroid dienone is 4. The van der Waals surface area contributed by atoms with Gasteiger partial charge in [-0.15, -0.1) is 0 Å². The molecule has 1 aromatic carbocycles. The van der Waals surface area contributed by atoms with Crippen LogP contribution in [0.2, 0.25) is 0 Å². The van der Waals surface area contributed by atoms with Crippen LogP contribution in [0.25, 0.3) is 0 Å². The van der Waals surface area contributed by atoms with Crippen molar-refractivity contribution in [3.8, 4) is 0 Å².